The summed E-state index contributed by atoms with van der Waals surface area (Å²) in [6.07, 6.45) is 0.951. The number of carbonyl (C=O) groups excluding carboxylic acids is 1. The first-order valence-corrected chi connectivity index (χ1v) is 7.14. The molecule has 0 spiro atoms. The van der Waals surface area contributed by atoms with Crippen LogP contribution in [0.25, 0.3) is 11.0 Å². The number of piperidine rings is 1. The molecule has 0 unspecified atom stereocenters. The lowest BCUT2D eigenvalue weighted by Crippen LogP contribution is -2.40. The summed E-state index contributed by atoms with van der Waals surface area (Å²) in [5, 5.41) is 10.4. The Morgan fingerprint density at radius 3 is 2.76 bits per heavy atom. The van der Waals surface area contributed by atoms with Crippen molar-refractivity contribution in [3.63, 3.8) is 0 Å². The van der Waals surface area contributed by atoms with Crippen molar-refractivity contribution in [1.82, 2.24) is 4.90 Å². The molecule has 5 nitrogen and oxygen atoms in total. The number of amides is 1. The fourth-order valence-corrected chi connectivity index (χ4v) is 2.74. The zero-order chi connectivity index (χ0) is 15.0. The standard InChI is InChI=1S/C16H19NO4/c1-10-13-9-12(20-2)3-4-14(13)21-15(10)16(19)17-7-5-11(18)6-8-17/h3-4,9,11,18H,5-8H2,1-2H3. The minimum atomic E-state index is -0.296. The van der Waals surface area contributed by atoms with E-state index >= 15 is 0 Å². The molecule has 1 N–H and O–H groups in total. The molecule has 0 bridgehead atoms. The molecule has 2 aromatic rings. The Hall–Kier alpha value is -2.01. The third-order valence-corrected chi connectivity index (χ3v) is 4.09. The number of aliphatic hydroxyl groups is 1. The van der Waals surface area contributed by atoms with Crippen LogP contribution in [-0.2, 0) is 0 Å². The van der Waals surface area contributed by atoms with Crippen molar-refractivity contribution in [2.24, 2.45) is 0 Å². The predicted octanol–water partition coefficient (Wildman–Crippen LogP) is 2.35. The number of hydrogen-bond donors (Lipinski definition) is 1. The Morgan fingerprint density at radius 1 is 1.38 bits per heavy atom. The number of hydrogen-bond acceptors (Lipinski definition) is 4. The van der Waals surface area contributed by atoms with Crippen molar-refractivity contribution in [1.29, 1.82) is 0 Å². The maximum atomic E-state index is 12.6. The minimum absolute atomic E-state index is 0.102. The summed E-state index contributed by atoms with van der Waals surface area (Å²) >= 11 is 0. The van der Waals surface area contributed by atoms with Gasteiger partial charge in [-0.2, -0.15) is 0 Å². The lowest BCUT2D eigenvalue weighted by atomic mass is 10.1. The molecule has 21 heavy (non-hydrogen) atoms. The number of methoxy groups -OCH3 is 1. The highest BCUT2D eigenvalue weighted by molar-refractivity contribution is 5.99. The number of rotatable bonds is 2. The number of nitrogens with zero attached hydrogens (tertiary/aromatic N) is 1. The van der Waals surface area contributed by atoms with Crippen LogP contribution in [0.15, 0.2) is 22.6 Å². The summed E-state index contributed by atoms with van der Waals surface area (Å²) < 4.78 is 10.9. The Morgan fingerprint density at radius 2 is 2.10 bits per heavy atom. The van der Waals surface area contributed by atoms with Gasteiger partial charge in [0.1, 0.15) is 11.3 Å². The van der Waals surface area contributed by atoms with E-state index in [4.69, 9.17) is 9.15 Å². The topological polar surface area (TPSA) is 62.9 Å². The van der Waals surface area contributed by atoms with Crippen molar-refractivity contribution in [2.75, 3.05) is 20.2 Å². The van der Waals surface area contributed by atoms with E-state index in [0.717, 1.165) is 16.7 Å². The van der Waals surface area contributed by atoms with Crippen LogP contribution in [0.3, 0.4) is 0 Å². The van der Waals surface area contributed by atoms with Crippen molar-refractivity contribution in [3.05, 3.63) is 29.5 Å². The average Bonchev–Trinajstić information content (AvgIpc) is 2.84. The van der Waals surface area contributed by atoms with Crippen LogP contribution in [0.4, 0.5) is 0 Å². The molecular formula is C16H19NO4. The molecule has 112 valence electrons. The van der Waals surface area contributed by atoms with E-state index in [1.807, 2.05) is 25.1 Å². The highest BCUT2D eigenvalue weighted by atomic mass is 16.5. The van der Waals surface area contributed by atoms with E-state index in [2.05, 4.69) is 0 Å². The molecule has 0 atom stereocenters. The monoisotopic (exact) mass is 289 g/mol. The molecule has 1 aromatic heterocycles. The van der Waals surface area contributed by atoms with Crippen molar-refractivity contribution in [3.8, 4) is 5.75 Å². The number of ether oxygens (including phenoxy) is 1. The van der Waals surface area contributed by atoms with Crippen LogP contribution in [0.2, 0.25) is 0 Å². The number of likely N-dealkylation sites (tertiary alicyclic amines) is 1. The summed E-state index contributed by atoms with van der Waals surface area (Å²) in [7, 11) is 1.61. The molecule has 0 saturated carbocycles. The molecule has 2 heterocycles. The first-order valence-electron chi connectivity index (χ1n) is 7.14. The highest BCUT2D eigenvalue weighted by Crippen LogP contribution is 2.30. The predicted molar refractivity (Wildman–Crippen MR) is 78.6 cm³/mol. The van der Waals surface area contributed by atoms with E-state index < -0.39 is 0 Å². The third-order valence-electron chi connectivity index (χ3n) is 4.09. The Balaban J connectivity index is 1.93. The van der Waals surface area contributed by atoms with Crippen LogP contribution < -0.4 is 4.74 Å². The maximum Gasteiger partial charge on any atom is 0.289 e. The first kappa shape index (κ1) is 13.9. The lowest BCUT2D eigenvalue weighted by Gasteiger charge is -2.29. The van der Waals surface area contributed by atoms with E-state index in [9.17, 15) is 9.90 Å². The second-order valence-electron chi connectivity index (χ2n) is 5.44. The van der Waals surface area contributed by atoms with Gasteiger partial charge in [0.05, 0.1) is 13.2 Å². The molecule has 1 aliphatic rings. The first-order chi connectivity index (χ1) is 10.1. The smallest absolute Gasteiger partial charge is 0.289 e. The van der Waals surface area contributed by atoms with Crippen LogP contribution in [0, 0.1) is 6.92 Å². The lowest BCUT2D eigenvalue weighted by molar-refractivity contribution is 0.0521. The number of benzene rings is 1. The molecule has 1 aromatic carbocycles. The van der Waals surface area contributed by atoms with Crippen molar-refractivity contribution >= 4 is 16.9 Å². The number of furan rings is 1. The number of fused-ring (bicyclic) bond motifs is 1. The van der Waals surface area contributed by atoms with Crippen LogP contribution in [0.1, 0.15) is 29.0 Å². The van der Waals surface area contributed by atoms with Crippen LogP contribution in [-0.4, -0.2) is 42.2 Å². The fourth-order valence-electron chi connectivity index (χ4n) is 2.74. The zero-order valence-corrected chi connectivity index (χ0v) is 12.3. The maximum absolute atomic E-state index is 12.6. The molecule has 0 aliphatic carbocycles. The second kappa shape index (κ2) is 5.41. The molecule has 5 heteroatoms. The molecule has 1 fully saturated rings. The Bertz CT molecular complexity index is 668. The van der Waals surface area contributed by atoms with Gasteiger partial charge in [0.2, 0.25) is 0 Å². The summed E-state index contributed by atoms with van der Waals surface area (Å²) in [5.41, 5.74) is 1.52. The minimum Gasteiger partial charge on any atom is -0.497 e. The average molecular weight is 289 g/mol. The number of aliphatic hydroxyl groups excluding tert-OH is 1. The molecule has 1 amide bonds. The quantitative estimate of drug-likeness (QED) is 0.921. The molecule has 1 saturated heterocycles. The van der Waals surface area contributed by atoms with Gasteiger partial charge in [-0.3, -0.25) is 4.79 Å². The van der Waals surface area contributed by atoms with Gasteiger partial charge in [-0.15, -0.1) is 0 Å². The largest absolute Gasteiger partial charge is 0.497 e. The van der Waals surface area contributed by atoms with Crippen LogP contribution in [0.5, 0.6) is 5.75 Å². The van der Waals surface area contributed by atoms with Gasteiger partial charge in [-0.25, -0.2) is 0 Å². The molecule has 0 radical (unpaired) electrons. The fraction of sp³-hybridized carbons (Fsp3) is 0.438. The summed E-state index contributed by atoms with van der Waals surface area (Å²) in [5.74, 6) is 1.02. The van der Waals surface area contributed by atoms with Gasteiger partial charge in [0.25, 0.3) is 5.91 Å². The SMILES string of the molecule is COc1ccc2oc(C(=O)N3CCC(O)CC3)c(C)c2c1. The van der Waals surface area contributed by atoms with Crippen molar-refractivity contribution < 1.29 is 19.1 Å². The van der Waals surface area contributed by atoms with Gasteiger partial charge in [-0.1, -0.05) is 0 Å². The zero-order valence-electron chi connectivity index (χ0n) is 12.3. The number of carbonyl (C=O) groups is 1. The van der Waals surface area contributed by atoms with Gasteiger partial charge in [0.15, 0.2) is 5.76 Å². The van der Waals surface area contributed by atoms with Crippen molar-refractivity contribution in [2.45, 2.75) is 25.9 Å². The van der Waals surface area contributed by atoms with Gasteiger partial charge >= 0.3 is 0 Å². The Kier molecular flexibility index (Phi) is 3.59. The number of aryl methyl sites for hydroxylation is 1. The van der Waals surface area contributed by atoms with Gasteiger partial charge in [-0.05, 0) is 38.0 Å². The molecule has 3 rings (SSSR count). The summed E-state index contributed by atoms with van der Waals surface area (Å²) in [6.45, 7) is 3.02. The van der Waals surface area contributed by atoms with Gasteiger partial charge < -0.3 is 19.2 Å². The van der Waals surface area contributed by atoms with E-state index in [1.54, 1.807) is 12.0 Å². The molecular weight excluding hydrogens is 270 g/mol. The Labute approximate surface area is 123 Å². The summed E-state index contributed by atoms with van der Waals surface area (Å²) in [4.78, 5) is 14.3. The van der Waals surface area contributed by atoms with E-state index in [-0.39, 0.29) is 12.0 Å². The van der Waals surface area contributed by atoms with Gasteiger partial charge in [0, 0.05) is 24.0 Å². The molecule has 1 aliphatic heterocycles. The highest BCUT2D eigenvalue weighted by Gasteiger charge is 2.26. The summed E-state index contributed by atoms with van der Waals surface area (Å²) in [6, 6.07) is 5.51. The normalized spacial score (nSPS) is 16.4. The second-order valence-corrected chi connectivity index (χ2v) is 5.44. The van der Waals surface area contributed by atoms with E-state index in [0.29, 0.717) is 37.3 Å². The third kappa shape index (κ3) is 2.49. The van der Waals surface area contributed by atoms with Crippen LogP contribution >= 0.6 is 0 Å². The van der Waals surface area contributed by atoms with E-state index in [1.165, 1.54) is 0 Å².